The molecule has 3 nitrogen and oxygen atoms in total. The van der Waals surface area contributed by atoms with E-state index in [0.29, 0.717) is 12.1 Å². The predicted molar refractivity (Wildman–Crippen MR) is 75.9 cm³/mol. The Bertz CT molecular complexity index is 568. The number of nitrogens with zero attached hydrogens (tertiary/aromatic N) is 1. The molecule has 0 amide bonds. The van der Waals surface area contributed by atoms with Crippen molar-refractivity contribution in [1.29, 1.82) is 0 Å². The maximum absolute atomic E-state index is 11.1. The van der Waals surface area contributed by atoms with Crippen LogP contribution in [0.15, 0.2) is 34.1 Å². The van der Waals surface area contributed by atoms with E-state index in [9.17, 15) is 4.79 Å². The van der Waals surface area contributed by atoms with E-state index in [1.54, 1.807) is 0 Å². The fraction of sp³-hybridized carbons (Fsp3) is 0.231. The number of hydrogen-bond donors (Lipinski definition) is 1. The Hall–Kier alpha value is -1.20. The Balaban J connectivity index is 2.33. The molecule has 1 N–H and O–H groups in total. The number of halogens is 1. The van der Waals surface area contributed by atoms with Gasteiger partial charge in [-0.25, -0.2) is 4.98 Å². The zero-order valence-electron chi connectivity index (χ0n) is 9.76. The molecule has 94 valence electrons. The lowest BCUT2D eigenvalue weighted by Crippen LogP contribution is -2.10. The van der Waals surface area contributed by atoms with Crippen LogP contribution in [0.5, 0.6) is 0 Å². The van der Waals surface area contributed by atoms with Crippen molar-refractivity contribution in [2.45, 2.75) is 19.3 Å². The van der Waals surface area contributed by atoms with E-state index < -0.39 is 11.9 Å². The maximum atomic E-state index is 11.1. The smallest absolute Gasteiger partial charge is 0.312 e. The van der Waals surface area contributed by atoms with E-state index in [4.69, 9.17) is 5.11 Å². The van der Waals surface area contributed by atoms with Crippen molar-refractivity contribution in [1.82, 2.24) is 4.98 Å². The Kier molecular flexibility index (Phi) is 4.14. The maximum Gasteiger partial charge on any atom is 0.312 e. The van der Waals surface area contributed by atoms with E-state index >= 15 is 0 Å². The molecule has 0 spiro atoms. The van der Waals surface area contributed by atoms with Crippen molar-refractivity contribution in [3.8, 4) is 10.6 Å². The third-order valence-corrected chi connectivity index (χ3v) is 4.06. The minimum absolute atomic E-state index is 0.512. The van der Waals surface area contributed by atoms with Gasteiger partial charge in [-0.15, -0.1) is 11.3 Å². The molecule has 0 saturated carbocycles. The molecule has 1 aromatic heterocycles. The molecule has 0 saturated heterocycles. The molecule has 0 radical (unpaired) electrons. The summed E-state index contributed by atoms with van der Waals surface area (Å²) in [6.45, 7) is 1.86. The van der Waals surface area contributed by atoms with Gasteiger partial charge in [0.2, 0.25) is 0 Å². The van der Waals surface area contributed by atoms with Gasteiger partial charge in [0.25, 0.3) is 0 Å². The Morgan fingerprint density at radius 3 is 2.94 bits per heavy atom. The lowest BCUT2D eigenvalue weighted by Gasteiger charge is -2.05. The lowest BCUT2D eigenvalue weighted by molar-refractivity contribution is -0.138. The third kappa shape index (κ3) is 2.79. The van der Waals surface area contributed by atoms with E-state index in [-0.39, 0.29) is 0 Å². The Morgan fingerprint density at radius 1 is 1.56 bits per heavy atom. The number of benzene rings is 1. The molecule has 2 rings (SSSR count). The molecular weight excluding hydrogens is 314 g/mol. The molecule has 1 atom stereocenters. The summed E-state index contributed by atoms with van der Waals surface area (Å²) in [7, 11) is 0. The van der Waals surface area contributed by atoms with Crippen LogP contribution in [0.3, 0.4) is 0 Å². The van der Waals surface area contributed by atoms with Gasteiger partial charge in [-0.2, -0.15) is 0 Å². The normalized spacial score (nSPS) is 12.3. The van der Waals surface area contributed by atoms with Gasteiger partial charge in [0.15, 0.2) is 0 Å². The molecule has 0 aliphatic heterocycles. The van der Waals surface area contributed by atoms with Crippen LogP contribution in [0.1, 0.15) is 25.0 Å². The molecule has 0 aliphatic rings. The molecule has 2 aromatic rings. The SMILES string of the molecule is CCC(C(=O)O)c1csc(-c2cccc(Br)c2)n1. The monoisotopic (exact) mass is 325 g/mol. The van der Waals surface area contributed by atoms with Gasteiger partial charge in [0.05, 0.1) is 11.6 Å². The second-order valence-electron chi connectivity index (χ2n) is 3.89. The Morgan fingerprint density at radius 2 is 2.33 bits per heavy atom. The van der Waals surface area contributed by atoms with E-state index in [0.717, 1.165) is 15.0 Å². The predicted octanol–water partition coefficient (Wildman–Crippen LogP) is 4.15. The molecule has 1 heterocycles. The second-order valence-corrected chi connectivity index (χ2v) is 5.66. The third-order valence-electron chi connectivity index (χ3n) is 2.66. The van der Waals surface area contributed by atoms with Crippen LogP contribution in [0, 0.1) is 0 Å². The van der Waals surface area contributed by atoms with Crippen molar-refractivity contribution in [2.24, 2.45) is 0 Å². The van der Waals surface area contributed by atoms with Gasteiger partial charge >= 0.3 is 5.97 Å². The number of aliphatic carboxylic acids is 1. The summed E-state index contributed by atoms with van der Waals surface area (Å²) >= 11 is 4.89. The summed E-state index contributed by atoms with van der Waals surface area (Å²) in [5.74, 6) is -1.33. The first-order valence-corrected chi connectivity index (χ1v) is 7.23. The van der Waals surface area contributed by atoms with Crippen LogP contribution in [0.25, 0.3) is 10.6 Å². The highest BCUT2D eigenvalue weighted by Crippen LogP contribution is 2.29. The lowest BCUT2D eigenvalue weighted by atomic mass is 10.0. The highest BCUT2D eigenvalue weighted by Gasteiger charge is 2.20. The van der Waals surface area contributed by atoms with Crippen LogP contribution in [0.4, 0.5) is 0 Å². The van der Waals surface area contributed by atoms with Crippen LogP contribution >= 0.6 is 27.3 Å². The fourth-order valence-corrected chi connectivity index (χ4v) is 2.98. The average Bonchev–Trinajstić information content (AvgIpc) is 2.79. The van der Waals surface area contributed by atoms with Gasteiger partial charge in [0, 0.05) is 15.4 Å². The zero-order chi connectivity index (χ0) is 13.1. The first-order chi connectivity index (χ1) is 8.61. The second kappa shape index (κ2) is 5.63. The van der Waals surface area contributed by atoms with Gasteiger partial charge in [0.1, 0.15) is 5.01 Å². The molecule has 1 aromatic carbocycles. The summed E-state index contributed by atoms with van der Waals surface area (Å²) in [4.78, 5) is 15.5. The van der Waals surface area contributed by atoms with Crippen LogP contribution in [-0.4, -0.2) is 16.1 Å². The topological polar surface area (TPSA) is 50.2 Å². The molecule has 18 heavy (non-hydrogen) atoms. The molecule has 0 fully saturated rings. The first kappa shape index (κ1) is 13.2. The van der Waals surface area contributed by atoms with Crippen molar-refractivity contribution >= 4 is 33.2 Å². The quantitative estimate of drug-likeness (QED) is 0.918. The number of aromatic nitrogens is 1. The summed E-state index contributed by atoms with van der Waals surface area (Å²) < 4.78 is 0.988. The molecule has 0 aliphatic carbocycles. The molecule has 5 heteroatoms. The van der Waals surface area contributed by atoms with E-state index in [1.165, 1.54) is 11.3 Å². The fourth-order valence-electron chi connectivity index (χ4n) is 1.71. The Labute approximate surface area is 118 Å². The molecule has 0 bridgehead atoms. The zero-order valence-corrected chi connectivity index (χ0v) is 12.2. The number of rotatable bonds is 4. The van der Waals surface area contributed by atoms with Crippen LogP contribution in [-0.2, 0) is 4.79 Å². The highest BCUT2D eigenvalue weighted by atomic mass is 79.9. The summed E-state index contributed by atoms with van der Waals surface area (Å²) in [6, 6.07) is 7.83. The van der Waals surface area contributed by atoms with Gasteiger partial charge in [-0.05, 0) is 18.6 Å². The van der Waals surface area contributed by atoms with Crippen molar-refractivity contribution in [2.75, 3.05) is 0 Å². The number of carboxylic acid groups (broad SMARTS) is 1. The average molecular weight is 326 g/mol. The van der Waals surface area contributed by atoms with Gasteiger partial charge in [-0.1, -0.05) is 35.0 Å². The molecular formula is C13H12BrNO2S. The summed E-state index contributed by atoms with van der Waals surface area (Å²) in [5, 5.41) is 11.8. The number of carbonyl (C=O) groups is 1. The first-order valence-electron chi connectivity index (χ1n) is 5.56. The van der Waals surface area contributed by atoms with Crippen LogP contribution in [0.2, 0.25) is 0 Å². The van der Waals surface area contributed by atoms with E-state index in [1.807, 2.05) is 36.6 Å². The summed E-state index contributed by atoms with van der Waals surface area (Å²) in [6.07, 6.45) is 0.553. The number of carboxylic acids is 1. The van der Waals surface area contributed by atoms with E-state index in [2.05, 4.69) is 20.9 Å². The minimum atomic E-state index is -0.816. The van der Waals surface area contributed by atoms with Crippen molar-refractivity contribution in [3.63, 3.8) is 0 Å². The standard InChI is InChI=1S/C13H12BrNO2S/c1-2-10(13(16)17)11-7-18-12(15-11)8-4-3-5-9(14)6-8/h3-7,10H,2H2,1H3,(H,16,17). The number of thiazole rings is 1. The van der Waals surface area contributed by atoms with Crippen molar-refractivity contribution < 1.29 is 9.90 Å². The molecule has 1 unspecified atom stereocenters. The minimum Gasteiger partial charge on any atom is -0.481 e. The van der Waals surface area contributed by atoms with Crippen molar-refractivity contribution in [3.05, 3.63) is 39.8 Å². The van der Waals surface area contributed by atoms with Gasteiger partial charge in [-0.3, -0.25) is 4.79 Å². The largest absolute Gasteiger partial charge is 0.481 e. The van der Waals surface area contributed by atoms with Gasteiger partial charge < -0.3 is 5.11 Å². The highest BCUT2D eigenvalue weighted by molar-refractivity contribution is 9.10. The van der Waals surface area contributed by atoms with Crippen LogP contribution < -0.4 is 0 Å². The number of hydrogen-bond acceptors (Lipinski definition) is 3. The summed E-state index contributed by atoms with van der Waals surface area (Å²) in [5.41, 5.74) is 1.64.